The number of fused-ring (bicyclic) bond motifs is 3. The van der Waals surface area contributed by atoms with Gasteiger partial charge in [-0.05, 0) is 36.8 Å². The number of para-hydroxylation sites is 1. The molecule has 20 heavy (non-hydrogen) atoms. The molecule has 0 spiro atoms. The van der Waals surface area contributed by atoms with Crippen LogP contribution in [-0.2, 0) is 19.4 Å². The van der Waals surface area contributed by atoms with E-state index in [9.17, 15) is 15.0 Å². The number of aliphatic hydroxyl groups is 1. The monoisotopic (exact) mass is 273 g/mol. The Hall–Kier alpha value is -1.81. The average molecular weight is 273 g/mol. The number of benzene rings is 1. The highest BCUT2D eigenvalue weighted by molar-refractivity contribution is 6.04. The van der Waals surface area contributed by atoms with E-state index < -0.39 is 5.97 Å². The summed E-state index contributed by atoms with van der Waals surface area (Å²) in [5.74, 6) is -0.276. The molecule has 0 aliphatic heterocycles. The second-order valence-electron chi connectivity index (χ2n) is 5.66. The SMILES string of the molecule is CC1CCc2c(c3cccc(C(=O)O)c3n2CCO)C1. The number of carbonyl (C=O) groups is 1. The molecule has 2 N–H and O–H groups in total. The summed E-state index contributed by atoms with van der Waals surface area (Å²) in [6.07, 6.45) is 3.08. The summed E-state index contributed by atoms with van der Waals surface area (Å²) in [6.45, 7) is 2.73. The van der Waals surface area contributed by atoms with Crippen LogP contribution in [-0.4, -0.2) is 27.4 Å². The molecule has 0 saturated heterocycles. The Balaban J connectivity index is 2.34. The number of aliphatic hydroxyl groups excluding tert-OH is 1. The van der Waals surface area contributed by atoms with Gasteiger partial charge in [0.25, 0.3) is 0 Å². The lowest BCUT2D eigenvalue weighted by Crippen LogP contribution is -2.15. The van der Waals surface area contributed by atoms with E-state index in [0.717, 1.165) is 30.2 Å². The van der Waals surface area contributed by atoms with E-state index >= 15 is 0 Å². The first-order valence-corrected chi connectivity index (χ1v) is 7.10. The third-order valence-electron chi connectivity index (χ3n) is 4.29. The Labute approximate surface area is 117 Å². The van der Waals surface area contributed by atoms with E-state index in [-0.39, 0.29) is 6.61 Å². The van der Waals surface area contributed by atoms with E-state index in [2.05, 4.69) is 6.92 Å². The van der Waals surface area contributed by atoms with Crippen molar-refractivity contribution >= 4 is 16.9 Å². The molecule has 0 amide bonds. The van der Waals surface area contributed by atoms with Crippen molar-refractivity contribution in [2.75, 3.05) is 6.61 Å². The quantitative estimate of drug-likeness (QED) is 0.903. The summed E-state index contributed by atoms with van der Waals surface area (Å²) in [4.78, 5) is 11.5. The molecule has 0 fully saturated rings. The fourth-order valence-corrected chi connectivity index (χ4v) is 3.40. The Morgan fingerprint density at radius 1 is 1.45 bits per heavy atom. The van der Waals surface area contributed by atoms with Crippen molar-refractivity contribution < 1.29 is 15.0 Å². The molecule has 2 aromatic rings. The van der Waals surface area contributed by atoms with Crippen LogP contribution in [0.1, 0.15) is 35.0 Å². The van der Waals surface area contributed by atoms with Gasteiger partial charge in [0.1, 0.15) is 0 Å². The maximum Gasteiger partial charge on any atom is 0.337 e. The highest BCUT2D eigenvalue weighted by atomic mass is 16.4. The molecule has 1 unspecified atom stereocenters. The standard InChI is InChI=1S/C16H19NO3/c1-10-5-6-14-13(9-10)11-3-2-4-12(16(19)20)15(11)17(14)7-8-18/h2-4,10,18H,5-9H2,1H3,(H,19,20). The first-order valence-electron chi connectivity index (χ1n) is 7.10. The second-order valence-corrected chi connectivity index (χ2v) is 5.66. The molecule has 1 aromatic heterocycles. The van der Waals surface area contributed by atoms with E-state index in [0.29, 0.717) is 18.0 Å². The largest absolute Gasteiger partial charge is 0.478 e. The summed E-state index contributed by atoms with van der Waals surface area (Å²) >= 11 is 0. The van der Waals surface area contributed by atoms with E-state index in [1.807, 2.05) is 16.7 Å². The third kappa shape index (κ3) is 1.91. The van der Waals surface area contributed by atoms with E-state index in [4.69, 9.17) is 0 Å². The molecule has 1 aliphatic carbocycles. The second kappa shape index (κ2) is 4.94. The molecule has 1 heterocycles. The number of hydrogen-bond acceptors (Lipinski definition) is 2. The van der Waals surface area contributed by atoms with Crippen molar-refractivity contribution in [3.05, 3.63) is 35.0 Å². The summed E-state index contributed by atoms with van der Waals surface area (Å²) in [5.41, 5.74) is 3.59. The Morgan fingerprint density at radius 3 is 2.95 bits per heavy atom. The minimum atomic E-state index is -0.905. The molecule has 1 atom stereocenters. The Bertz CT molecular complexity index is 672. The highest BCUT2D eigenvalue weighted by Crippen LogP contribution is 2.35. The van der Waals surface area contributed by atoms with Gasteiger partial charge in [-0.3, -0.25) is 0 Å². The maximum atomic E-state index is 11.5. The van der Waals surface area contributed by atoms with Crippen LogP contribution in [0.2, 0.25) is 0 Å². The fourth-order valence-electron chi connectivity index (χ4n) is 3.40. The van der Waals surface area contributed by atoms with Crippen LogP contribution in [0.4, 0.5) is 0 Å². The molecule has 3 rings (SSSR count). The van der Waals surface area contributed by atoms with Crippen molar-refractivity contribution in [3.63, 3.8) is 0 Å². The van der Waals surface area contributed by atoms with E-state index in [1.54, 1.807) is 6.07 Å². The smallest absolute Gasteiger partial charge is 0.337 e. The molecule has 4 heteroatoms. The summed E-state index contributed by atoms with van der Waals surface area (Å²) < 4.78 is 2.01. The van der Waals surface area contributed by atoms with Gasteiger partial charge in [0.15, 0.2) is 0 Å². The first kappa shape index (κ1) is 13.2. The number of carboxylic acid groups (broad SMARTS) is 1. The van der Waals surface area contributed by atoms with Gasteiger partial charge < -0.3 is 14.8 Å². The summed E-state index contributed by atoms with van der Waals surface area (Å²) in [5, 5.41) is 19.8. The van der Waals surface area contributed by atoms with Crippen LogP contribution < -0.4 is 0 Å². The molecule has 0 bridgehead atoms. The third-order valence-corrected chi connectivity index (χ3v) is 4.29. The first-order chi connectivity index (χ1) is 9.63. The van der Waals surface area contributed by atoms with Crippen LogP contribution in [0.5, 0.6) is 0 Å². The molecule has 1 aromatic carbocycles. The summed E-state index contributed by atoms with van der Waals surface area (Å²) in [6, 6.07) is 5.47. The van der Waals surface area contributed by atoms with Gasteiger partial charge in [-0.2, -0.15) is 0 Å². The minimum absolute atomic E-state index is 0.0275. The summed E-state index contributed by atoms with van der Waals surface area (Å²) in [7, 11) is 0. The average Bonchev–Trinajstić information content (AvgIpc) is 2.73. The molecule has 0 radical (unpaired) electrons. The topological polar surface area (TPSA) is 62.5 Å². The minimum Gasteiger partial charge on any atom is -0.478 e. The van der Waals surface area contributed by atoms with Gasteiger partial charge in [-0.25, -0.2) is 4.79 Å². The predicted molar refractivity (Wildman–Crippen MR) is 77.2 cm³/mol. The van der Waals surface area contributed by atoms with Crippen molar-refractivity contribution in [1.29, 1.82) is 0 Å². The molecular formula is C16H19NO3. The number of nitrogens with zero attached hydrogens (tertiary/aromatic N) is 1. The van der Waals surface area contributed by atoms with Gasteiger partial charge in [0.05, 0.1) is 17.7 Å². The number of carboxylic acids is 1. The zero-order valence-corrected chi connectivity index (χ0v) is 11.6. The lowest BCUT2D eigenvalue weighted by atomic mass is 9.87. The molecule has 0 saturated carbocycles. The maximum absolute atomic E-state index is 11.5. The van der Waals surface area contributed by atoms with Gasteiger partial charge in [0.2, 0.25) is 0 Å². The van der Waals surface area contributed by atoms with Crippen molar-refractivity contribution in [2.45, 2.75) is 32.7 Å². The zero-order chi connectivity index (χ0) is 14.3. The fraction of sp³-hybridized carbons (Fsp3) is 0.438. The van der Waals surface area contributed by atoms with Gasteiger partial charge >= 0.3 is 5.97 Å². The van der Waals surface area contributed by atoms with Crippen LogP contribution >= 0.6 is 0 Å². The lowest BCUT2D eigenvalue weighted by molar-refractivity contribution is 0.0698. The van der Waals surface area contributed by atoms with Crippen LogP contribution in [0.15, 0.2) is 18.2 Å². The number of rotatable bonds is 3. The van der Waals surface area contributed by atoms with Crippen LogP contribution in [0, 0.1) is 5.92 Å². The van der Waals surface area contributed by atoms with E-state index in [1.165, 1.54) is 11.3 Å². The van der Waals surface area contributed by atoms with Gasteiger partial charge in [0, 0.05) is 17.6 Å². The normalized spacial score (nSPS) is 18.2. The van der Waals surface area contributed by atoms with Crippen LogP contribution in [0.3, 0.4) is 0 Å². The molecular weight excluding hydrogens is 254 g/mol. The Morgan fingerprint density at radius 2 is 2.25 bits per heavy atom. The number of hydrogen-bond donors (Lipinski definition) is 2. The van der Waals surface area contributed by atoms with Gasteiger partial charge in [-0.1, -0.05) is 19.1 Å². The molecule has 4 nitrogen and oxygen atoms in total. The van der Waals surface area contributed by atoms with Crippen molar-refractivity contribution in [1.82, 2.24) is 4.57 Å². The van der Waals surface area contributed by atoms with Crippen LogP contribution in [0.25, 0.3) is 10.9 Å². The predicted octanol–water partition coefficient (Wildman–Crippen LogP) is 2.46. The lowest BCUT2D eigenvalue weighted by Gasteiger charge is -2.20. The Kier molecular flexibility index (Phi) is 3.26. The number of aromatic nitrogens is 1. The molecule has 1 aliphatic rings. The van der Waals surface area contributed by atoms with Crippen molar-refractivity contribution in [3.8, 4) is 0 Å². The number of aromatic carboxylic acids is 1. The van der Waals surface area contributed by atoms with Crippen molar-refractivity contribution in [2.24, 2.45) is 5.92 Å². The highest BCUT2D eigenvalue weighted by Gasteiger charge is 2.25. The van der Waals surface area contributed by atoms with Gasteiger partial charge in [-0.15, -0.1) is 0 Å². The zero-order valence-electron chi connectivity index (χ0n) is 11.6. The molecule has 106 valence electrons.